The quantitative estimate of drug-likeness (QED) is 0.757. The average Bonchev–Trinajstić information content (AvgIpc) is 2.53. The number of carbonyl (C=O) groups is 1. The monoisotopic (exact) mass is 324 g/mol. The molecule has 0 aliphatic rings. The van der Waals surface area contributed by atoms with Crippen molar-refractivity contribution in [3.05, 3.63) is 17.2 Å². The van der Waals surface area contributed by atoms with Crippen molar-refractivity contribution in [1.82, 2.24) is 5.32 Å². The SMILES string of the molecule is C#CC(C)(CC)NCC(=O)Nc1cc(OC)c(Cl)cc1OC. The van der Waals surface area contributed by atoms with Gasteiger partial charge in [-0.1, -0.05) is 24.4 Å². The van der Waals surface area contributed by atoms with Crippen LogP contribution in [0.2, 0.25) is 5.02 Å². The zero-order valence-electron chi connectivity index (χ0n) is 13.2. The third-order valence-corrected chi connectivity index (χ3v) is 3.71. The second kappa shape index (κ2) is 7.92. The summed E-state index contributed by atoms with van der Waals surface area (Å²) in [6.45, 7) is 3.91. The van der Waals surface area contributed by atoms with Crippen LogP contribution in [0.1, 0.15) is 20.3 Å². The molecule has 0 aliphatic heterocycles. The molecule has 5 nitrogen and oxygen atoms in total. The van der Waals surface area contributed by atoms with Crippen molar-refractivity contribution in [3.63, 3.8) is 0 Å². The molecule has 6 heteroatoms. The minimum absolute atomic E-state index is 0.0859. The molecule has 0 aromatic heterocycles. The number of hydrogen-bond acceptors (Lipinski definition) is 4. The Morgan fingerprint density at radius 3 is 2.50 bits per heavy atom. The zero-order valence-corrected chi connectivity index (χ0v) is 14.0. The number of hydrogen-bond donors (Lipinski definition) is 2. The van der Waals surface area contributed by atoms with Gasteiger partial charge in [0.05, 0.1) is 37.0 Å². The number of benzene rings is 1. The van der Waals surface area contributed by atoms with E-state index in [0.717, 1.165) is 6.42 Å². The van der Waals surface area contributed by atoms with Crippen molar-refractivity contribution >= 4 is 23.2 Å². The van der Waals surface area contributed by atoms with E-state index in [9.17, 15) is 4.79 Å². The molecule has 0 aliphatic carbocycles. The summed E-state index contributed by atoms with van der Waals surface area (Å²) >= 11 is 6.02. The summed E-state index contributed by atoms with van der Waals surface area (Å²) in [5.41, 5.74) is -0.0338. The first-order valence-corrected chi connectivity index (χ1v) is 7.21. The number of carbonyl (C=O) groups excluding carboxylic acids is 1. The molecule has 1 rings (SSSR count). The van der Waals surface area contributed by atoms with E-state index in [-0.39, 0.29) is 12.5 Å². The molecule has 1 amide bonds. The highest BCUT2D eigenvalue weighted by Crippen LogP contribution is 2.35. The Labute approximate surface area is 136 Å². The van der Waals surface area contributed by atoms with Crippen LogP contribution in [0.3, 0.4) is 0 Å². The predicted molar refractivity (Wildman–Crippen MR) is 88.7 cm³/mol. The first-order valence-electron chi connectivity index (χ1n) is 6.83. The molecule has 1 aromatic carbocycles. The van der Waals surface area contributed by atoms with Crippen LogP contribution >= 0.6 is 11.6 Å². The number of halogens is 1. The maximum atomic E-state index is 12.1. The first-order chi connectivity index (χ1) is 10.4. The Kier molecular flexibility index (Phi) is 6.54. The van der Waals surface area contributed by atoms with Gasteiger partial charge in [-0.3, -0.25) is 10.1 Å². The lowest BCUT2D eigenvalue weighted by Crippen LogP contribution is -2.44. The summed E-state index contributed by atoms with van der Waals surface area (Å²) in [4.78, 5) is 12.1. The molecule has 22 heavy (non-hydrogen) atoms. The van der Waals surface area contributed by atoms with E-state index in [1.165, 1.54) is 14.2 Å². The van der Waals surface area contributed by atoms with Gasteiger partial charge in [0.1, 0.15) is 11.5 Å². The van der Waals surface area contributed by atoms with Crippen molar-refractivity contribution in [2.45, 2.75) is 25.8 Å². The van der Waals surface area contributed by atoms with Crippen LogP contribution in [-0.2, 0) is 4.79 Å². The summed E-state index contributed by atoms with van der Waals surface area (Å²) in [5, 5.41) is 6.20. The summed E-state index contributed by atoms with van der Waals surface area (Å²) < 4.78 is 10.3. The molecular weight excluding hydrogens is 304 g/mol. The van der Waals surface area contributed by atoms with Gasteiger partial charge in [-0.25, -0.2) is 0 Å². The number of anilines is 1. The van der Waals surface area contributed by atoms with E-state index in [1.807, 2.05) is 13.8 Å². The van der Waals surface area contributed by atoms with Crippen molar-refractivity contribution in [2.24, 2.45) is 0 Å². The molecule has 0 heterocycles. The minimum Gasteiger partial charge on any atom is -0.495 e. The van der Waals surface area contributed by atoms with E-state index < -0.39 is 5.54 Å². The maximum absolute atomic E-state index is 12.1. The van der Waals surface area contributed by atoms with Crippen LogP contribution in [0.25, 0.3) is 0 Å². The molecular formula is C16H21ClN2O3. The fourth-order valence-corrected chi connectivity index (χ4v) is 1.94. The summed E-state index contributed by atoms with van der Waals surface area (Å²) in [5.74, 6) is 3.31. The topological polar surface area (TPSA) is 59.6 Å². The van der Waals surface area contributed by atoms with E-state index in [2.05, 4.69) is 16.6 Å². The predicted octanol–water partition coefficient (Wildman–Crippen LogP) is 2.69. The van der Waals surface area contributed by atoms with Crippen LogP contribution in [0.4, 0.5) is 5.69 Å². The van der Waals surface area contributed by atoms with Gasteiger partial charge in [-0.15, -0.1) is 6.42 Å². The minimum atomic E-state index is -0.515. The Balaban J connectivity index is 2.82. The van der Waals surface area contributed by atoms with E-state index in [0.29, 0.717) is 22.2 Å². The van der Waals surface area contributed by atoms with Crippen LogP contribution in [0.15, 0.2) is 12.1 Å². The molecule has 2 N–H and O–H groups in total. The molecule has 1 atom stereocenters. The lowest BCUT2D eigenvalue weighted by Gasteiger charge is -2.23. The number of nitrogens with one attached hydrogen (secondary N) is 2. The molecule has 0 radical (unpaired) electrons. The molecule has 1 aromatic rings. The first kappa shape index (κ1) is 18.1. The lowest BCUT2D eigenvalue weighted by atomic mass is 10.0. The van der Waals surface area contributed by atoms with Gasteiger partial charge in [0, 0.05) is 12.1 Å². The van der Waals surface area contributed by atoms with Crippen molar-refractivity contribution in [3.8, 4) is 23.8 Å². The van der Waals surface area contributed by atoms with Crippen LogP contribution in [0.5, 0.6) is 11.5 Å². The van der Waals surface area contributed by atoms with Gasteiger partial charge in [0.15, 0.2) is 0 Å². The third-order valence-electron chi connectivity index (χ3n) is 3.41. The summed E-state index contributed by atoms with van der Waals surface area (Å²) in [7, 11) is 3.00. The van der Waals surface area contributed by atoms with E-state index in [1.54, 1.807) is 12.1 Å². The normalized spacial score (nSPS) is 12.9. The number of ether oxygens (including phenoxy) is 2. The number of amides is 1. The summed E-state index contributed by atoms with van der Waals surface area (Å²) in [6.07, 6.45) is 6.18. The van der Waals surface area contributed by atoms with E-state index >= 15 is 0 Å². The van der Waals surface area contributed by atoms with Crippen LogP contribution < -0.4 is 20.1 Å². The van der Waals surface area contributed by atoms with Crippen molar-refractivity contribution in [1.29, 1.82) is 0 Å². The molecule has 0 saturated heterocycles. The second-order valence-corrected chi connectivity index (χ2v) is 5.33. The molecule has 0 spiro atoms. The number of methoxy groups -OCH3 is 2. The average molecular weight is 325 g/mol. The van der Waals surface area contributed by atoms with Gasteiger partial charge in [-0.05, 0) is 13.3 Å². The lowest BCUT2D eigenvalue weighted by molar-refractivity contribution is -0.115. The van der Waals surface area contributed by atoms with E-state index in [4.69, 9.17) is 27.5 Å². The van der Waals surface area contributed by atoms with Crippen LogP contribution in [-0.4, -0.2) is 32.2 Å². The summed E-state index contributed by atoms with van der Waals surface area (Å²) in [6, 6.07) is 3.19. The highest BCUT2D eigenvalue weighted by Gasteiger charge is 2.19. The molecule has 0 fully saturated rings. The highest BCUT2D eigenvalue weighted by atomic mass is 35.5. The standard InChI is InChI=1S/C16H21ClN2O3/c1-6-16(3,7-2)18-10-15(20)19-12-9-13(21-4)11(17)8-14(12)22-5/h1,8-9,18H,7,10H2,2-5H3,(H,19,20). The molecule has 1 unspecified atom stereocenters. The van der Waals surface area contributed by atoms with Crippen LogP contribution in [0, 0.1) is 12.3 Å². The fraction of sp³-hybridized carbons (Fsp3) is 0.438. The highest BCUT2D eigenvalue weighted by molar-refractivity contribution is 6.32. The van der Waals surface area contributed by atoms with Crippen molar-refractivity contribution < 1.29 is 14.3 Å². The van der Waals surface area contributed by atoms with Crippen molar-refractivity contribution in [2.75, 3.05) is 26.1 Å². The maximum Gasteiger partial charge on any atom is 0.238 e. The second-order valence-electron chi connectivity index (χ2n) is 4.92. The zero-order chi connectivity index (χ0) is 16.8. The smallest absolute Gasteiger partial charge is 0.238 e. The molecule has 0 bridgehead atoms. The van der Waals surface area contributed by atoms with Gasteiger partial charge >= 0.3 is 0 Å². The molecule has 0 saturated carbocycles. The molecule has 120 valence electrons. The Morgan fingerprint density at radius 1 is 1.36 bits per heavy atom. The van der Waals surface area contributed by atoms with Gasteiger partial charge < -0.3 is 14.8 Å². The fourth-order valence-electron chi connectivity index (χ4n) is 1.71. The van der Waals surface area contributed by atoms with Gasteiger partial charge in [-0.2, -0.15) is 0 Å². The Hall–Kier alpha value is -1.90. The van der Waals surface area contributed by atoms with Gasteiger partial charge in [0.25, 0.3) is 0 Å². The number of terminal acetylenes is 1. The Bertz CT molecular complexity index is 583. The Morgan fingerprint density at radius 2 is 2.00 bits per heavy atom. The third kappa shape index (κ3) is 4.55. The van der Waals surface area contributed by atoms with Gasteiger partial charge in [0.2, 0.25) is 5.91 Å². The number of rotatable bonds is 7. The largest absolute Gasteiger partial charge is 0.495 e.